The first-order chi connectivity index (χ1) is 16.3. The largest absolute Gasteiger partial charge is 0.368 e. The highest BCUT2D eigenvalue weighted by atomic mass is 35.5. The van der Waals surface area contributed by atoms with E-state index < -0.39 is 11.9 Å². The minimum Gasteiger partial charge on any atom is -0.368 e. The van der Waals surface area contributed by atoms with Gasteiger partial charge in [-0.3, -0.25) is 9.59 Å². The molecule has 1 atom stereocenters. The van der Waals surface area contributed by atoms with Gasteiger partial charge in [-0.15, -0.1) is 5.10 Å². The van der Waals surface area contributed by atoms with Crippen LogP contribution in [0.15, 0.2) is 42.5 Å². The Bertz CT molecular complexity index is 1260. The lowest BCUT2D eigenvalue weighted by Crippen LogP contribution is -2.49. The van der Waals surface area contributed by atoms with Crippen LogP contribution in [0.4, 0.5) is 10.5 Å². The normalized spacial score (nSPS) is 15.4. The van der Waals surface area contributed by atoms with E-state index >= 15 is 0 Å². The SMILES string of the molecule is C[C@@H]1CN(C(=O)c2ccc(-c3nnnn3C)cc2Cl)c2ccccc2CN1C(=O)NCC(N)=O. The number of carbonyl (C=O) groups is 3. The fourth-order valence-corrected chi connectivity index (χ4v) is 4.15. The molecule has 4 amide bonds. The van der Waals surface area contributed by atoms with Crippen LogP contribution < -0.4 is 16.0 Å². The first-order valence-corrected chi connectivity index (χ1v) is 10.9. The minimum absolute atomic E-state index is 0.227. The molecule has 0 saturated carbocycles. The van der Waals surface area contributed by atoms with E-state index in [2.05, 4.69) is 20.8 Å². The van der Waals surface area contributed by atoms with Gasteiger partial charge in [0.25, 0.3) is 5.91 Å². The van der Waals surface area contributed by atoms with Crippen LogP contribution >= 0.6 is 11.6 Å². The molecule has 1 aliphatic heterocycles. The third kappa shape index (κ3) is 4.55. The quantitative estimate of drug-likeness (QED) is 0.578. The number of tetrazole rings is 1. The van der Waals surface area contributed by atoms with Gasteiger partial charge in [-0.05, 0) is 41.1 Å². The lowest BCUT2D eigenvalue weighted by atomic mass is 10.1. The predicted octanol–water partition coefficient (Wildman–Crippen LogP) is 1.58. The highest BCUT2D eigenvalue weighted by molar-refractivity contribution is 6.34. The van der Waals surface area contributed by atoms with Gasteiger partial charge in [0.2, 0.25) is 5.91 Å². The van der Waals surface area contributed by atoms with Gasteiger partial charge < -0.3 is 20.9 Å². The summed E-state index contributed by atoms with van der Waals surface area (Å²) < 4.78 is 1.51. The molecule has 0 saturated heterocycles. The zero-order valence-corrected chi connectivity index (χ0v) is 19.4. The van der Waals surface area contributed by atoms with Crippen LogP contribution in [-0.2, 0) is 18.4 Å². The summed E-state index contributed by atoms with van der Waals surface area (Å²) in [5.74, 6) is -0.415. The van der Waals surface area contributed by atoms with Crippen LogP contribution in [0.5, 0.6) is 0 Å². The van der Waals surface area contributed by atoms with Crippen molar-refractivity contribution in [2.75, 3.05) is 18.0 Å². The molecule has 4 rings (SSSR count). The van der Waals surface area contributed by atoms with E-state index in [-0.39, 0.29) is 36.6 Å². The van der Waals surface area contributed by atoms with Gasteiger partial charge in [0, 0.05) is 37.4 Å². The van der Waals surface area contributed by atoms with Crippen LogP contribution in [0.2, 0.25) is 5.02 Å². The van der Waals surface area contributed by atoms with Crippen molar-refractivity contribution in [3.05, 3.63) is 58.6 Å². The summed E-state index contributed by atoms with van der Waals surface area (Å²) in [7, 11) is 1.71. The van der Waals surface area contributed by atoms with Crippen molar-refractivity contribution < 1.29 is 14.4 Å². The molecule has 3 N–H and O–H groups in total. The Morgan fingerprint density at radius 2 is 1.97 bits per heavy atom. The van der Waals surface area contributed by atoms with E-state index in [0.29, 0.717) is 22.6 Å². The van der Waals surface area contributed by atoms with Crippen molar-refractivity contribution in [2.45, 2.75) is 19.5 Å². The van der Waals surface area contributed by atoms with Crippen molar-refractivity contribution >= 4 is 35.1 Å². The zero-order valence-electron chi connectivity index (χ0n) is 18.6. The molecule has 0 unspecified atom stereocenters. The molecule has 176 valence electrons. The number of aryl methyl sites for hydroxylation is 1. The highest BCUT2D eigenvalue weighted by Gasteiger charge is 2.32. The Kier molecular flexibility index (Phi) is 6.46. The van der Waals surface area contributed by atoms with Crippen molar-refractivity contribution in [2.24, 2.45) is 12.8 Å². The maximum Gasteiger partial charge on any atom is 0.318 e. The molecule has 0 fully saturated rings. The average molecular weight is 483 g/mol. The van der Waals surface area contributed by atoms with Gasteiger partial charge in [-0.25, -0.2) is 9.48 Å². The van der Waals surface area contributed by atoms with E-state index in [1.165, 1.54) is 4.68 Å². The van der Waals surface area contributed by atoms with Crippen LogP contribution in [0.1, 0.15) is 22.8 Å². The van der Waals surface area contributed by atoms with Crippen molar-refractivity contribution in [3.8, 4) is 11.4 Å². The van der Waals surface area contributed by atoms with E-state index in [4.69, 9.17) is 17.3 Å². The zero-order chi connectivity index (χ0) is 24.4. The molecule has 2 heterocycles. The number of halogens is 1. The topological polar surface area (TPSA) is 139 Å². The van der Waals surface area contributed by atoms with Gasteiger partial charge >= 0.3 is 6.03 Å². The molecule has 1 aliphatic rings. The average Bonchev–Trinajstić information content (AvgIpc) is 3.18. The number of hydrogen-bond acceptors (Lipinski definition) is 6. The molecule has 0 aliphatic carbocycles. The number of para-hydroxylation sites is 1. The number of urea groups is 1. The van der Waals surface area contributed by atoms with Crippen LogP contribution in [0.25, 0.3) is 11.4 Å². The smallest absolute Gasteiger partial charge is 0.318 e. The Hall–Kier alpha value is -3.99. The fourth-order valence-electron chi connectivity index (χ4n) is 3.88. The Labute approximate surface area is 200 Å². The molecule has 1 aromatic heterocycles. The summed E-state index contributed by atoms with van der Waals surface area (Å²) in [5.41, 5.74) is 7.61. The number of nitrogens with zero attached hydrogens (tertiary/aromatic N) is 6. The number of primary amides is 1. The van der Waals surface area contributed by atoms with Crippen molar-refractivity contribution in [3.63, 3.8) is 0 Å². The number of nitrogens with one attached hydrogen (secondary N) is 1. The number of carbonyl (C=O) groups excluding carboxylic acids is 3. The van der Waals surface area contributed by atoms with Crippen LogP contribution in [0, 0.1) is 0 Å². The Morgan fingerprint density at radius 3 is 2.65 bits per heavy atom. The number of hydrogen-bond donors (Lipinski definition) is 2. The second-order valence-corrected chi connectivity index (χ2v) is 8.37. The molecule has 0 bridgehead atoms. The molecule has 2 aromatic carbocycles. The second-order valence-electron chi connectivity index (χ2n) is 7.97. The predicted molar refractivity (Wildman–Crippen MR) is 125 cm³/mol. The van der Waals surface area contributed by atoms with Gasteiger partial charge in [-0.2, -0.15) is 0 Å². The maximum absolute atomic E-state index is 13.7. The summed E-state index contributed by atoms with van der Waals surface area (Å²) in [6, 6.07) is 11.6. The number of amides is 4. The molecular formula is C22H23ClN8O3. The van der Waals surface area contributed by atoms with E-state index in [9.17, 15) is 14.4 Å². The van der Waals surface area contributed by atoms with Crippen molar-refractivity contribution in [1.82, 2.24) is 30.4 Å². The van der Waals surface area contributed by atoms with E-state index in [1.54, 1.807) is 35.0 Å². The summed E-state index contributed by atoms with van der Waals surface area (Å²) in [6.45, 7) is 2.06. The van der Waals surface area contributed by atoms with E-state index in [1.807, 2.05) is 31.2 Å². The molecule has 34 heavy (non-hydrogen) atoms. The summed E-state index contributed by atoms with van der Waals surface area (Å²) in [4.78, 5) is 40.7. The molecule has 0 spiro atoms. The number of benzene rings is 2. The molecule has 12 heteroatoms. The Morgan fingerprint density at radius 1 is 1.21 bits per heavy atom. The first-order valence-electron chi connectivity index (χ1n) is 10.5. The first kappa shape index (κ1) is 23.2. The Balaban J connectivity index is 1.65. The lowest BCUT2D eigenvalue weighted by Gasteiger charge is -2.29. The van der Waals surface area contributed by atoms with Gasteiger partial charge in [0.05, 0.1) is 17.1 Å². The standard InChI is InChI=1S/C22H23ClN8O3/c1-13-11-31(18-6-4-3-5-15(18)12-30(13)22(34)25-10-19(24)32)21(33)16-8-7-14(9-17(16)23)20-26-27-28-29(20)2/h3-9,13H,10-12H2,1-2H3,(H2,24,32)(H,25,34)/t13-/m1/s1. The van der Waals surface area contributed by atoms with Gasteiger partial charge in [0.1, 0.15) is 0 Å². The fraction of sp³-hybridized carbons (Fsp3) is 0.273. The monoisotopic (exact) mass is 482 g/mol. The summed E-state index contributed by atoms with van der Waals surface area (Å²) >= 11 is 6.52. The highest BCUT2D eigenvalue weighted by Crippen LogP contribution is 2.31. The number of fused-ring (bicyclic) bond motifs is 1. The second kappa shape index (κ2) is 9.48. The van der Waals surface area contributed by atoms with E-state index in [0.717, 1.165) is 5.56 Å². The van der Waals surface area contributed by atoms with Gasteiger partial charge in [0.15, 0.2) is 5.82 Å². The molecule has 3 aromatic rings. The van der Waals surface area contributed by atoms with Gasteiger partial charge in [-0.1, -0.05) is 35.9 Å². The molecule has 0 radical (unpaired) electrons. The number of rotatable bonds is 4. The molecule has 11 nitrogen and oxygen atoms in total. The van der Waals surface area contributed by atoms with Crippen LogP contribution in [0.3, 0.4) is 0 Å². The number of anilines is 1. The van der Waals surface area contributed by atoms with Crippen LogP contribution in [-0.4, -0.2) is 62.1 Å². The van der Waals surface area contributed by atoms with Crippen molar-refractivity contribution in [1.29, 1.82) is 0 Å². The lowest BCUT2D eigenvalue weighted by molar-refractivity contribution is -0.117. The number of aromatic nitrogens is 4. The molecular weight excluding hydrogens is 460 g/mol. The minimum atomic E-state index is -0.636. The number of nitrogens with two attached hydrogens (primary N) is 1. The maximum atomic E-state index is 13.7. The summed E-state index contributed by atoms with van der Waals surface area (Å²) in [5, 5.41) is 14.2. The summed E-state index contributed by atoms with van der Waals surface area (Å²) in [6.07, 6.45) is 0. The third-order valence-electron chi connectivity index (χ3n) is 5.60. The third-order valence-corrected chi connectivity index (χ3v) is 5.91.